The van der Waals surface area contributed by atoms with Crippen LogP contribution in [0.4, 0.5) is 4.79 Å². The van der Waals surface area contributed by atoms with E-state index in [4.69, 9.17) is 0 Å². The summed E-state index contributed by atoms with van der Waals surface area (Å²) in [6.45, 7) is 4.08. The molecule has 6 nitrogen and oxygen atoms in total. The van der Waals surface area contributed by atoms with Crippen LogP contribution >= 0.6 is 11.8 Å². The molecule has 7 heteroatoms. The Hall–Kier alpha value is -2.02. The van der Waals surface area contributed by atoms with Gasteiger partial charge in [0.15, 0.2) is 0 Å². The molecule has 0 saturated carbocycles. The van der Waals surface area contributed by atoms with Gasteiger partial charge in [0.25, 0.3) is 11.1 Å². The largest absolute Gasteiger partial charge is 0.348 e. The third-order valence-electron chi connectivity index (χ3n) is 4.11. The lowest BCUT2D eigenvalue weighted by molar-refractivity contribution is -0.135. The van der Waals surface area contributed by atoms with Gasteiger partial charge in [0.2, 0.25) is 5.91 Å². The van der Waals surface area contributed by atoms with E-state index in [0.29, 0.717) is 4.91 Å². The number of nitrogens with zero attached hydrogens (tertiary/aromatic N) is 3. The van der Waals surface area contributed by atoms with Gasteiger partial charge in [-0.3, -0.25) is 19.3 Å². The second-order valence-electron chi connectivity index (χ2n) is 5.57. The second-order valence-corrected chi connectivity index (χ2v) is 6.57. The zero-order chi connectivity index (χ0) is 16.4. The van der Waals surface area contributed by atoms with Crippen molar-refractivity contribution in [3.63, 3.8) is 0 Å². The molecule has 0 atom stereocenters. The van der Waals surface area contributed by atoms with Crippen LogP contribution in [0.1, 0.15) is 25.5 Å². The summed E-state index contributed by atoms with van der Waals surface area (Å²) in [5, 5.41) is -0.372. The summed E-state index contributed by atoms with van der Waals surface area (Å²) in [5.41, 5.74) is 0.879. The number of carbonyl (C=O) groups excluding carboxylic acids is 3. The van der Waals surface area contributed by atoms with E-state index in [9.17, 15) is 14.4 Å². The van der Waals surface area contributed by atoms with Crippen LogP contribution in [0.15, 0.2) is 23.2 Å². The fourth-order valence-corrected chi connectivity index (χ4v) is 3.64. The van der Waals surface area contributed by atoms with Crippen LogP contribution in [0.2, 0.25) is 0 Å². The normalized spacial score (nSPS) is 20.1. The predicted octanol–water partition coefficient (Wildman–Crippen LogP) is 2.17. The van der Waals surface area contributed by atoms with Crippen molar-refractivity contribution in [3.8, 4) is 0 Å². The number of rotatable bonds is 4. The number of thioether (sulfide) groups is 1. The summed E-state index contributed by atoms with van der Waals surface area (Å²) in [7, 11) is 0. The fraction of sp³-hybridized carbons (Fsp3) is 0.438. The van der Waals surface area contributed by atoms with Crippen LogP contribution in [0.3, 0.4) is 0 Å². The highest BCUT2D eigenvalue weighted by atomic mass is 32.2. The van der Waals surface area contributed by atoms with Crippen molar-refractivity contribution < 1.29 is 14.4 Å². The highest BCUT2D eigenvalue weighted by molar-refractivity contribution is 8.18. The van der Waals surface area contributed by atoms with Crippen molar-refractivity contribution >= 4 is 34.9 Å². The highest BCUT2D eigenvalue weighted by Gasteiger charge is 2.37. The first-order valence-electron chi connectivity index (χ1n) is 7.78. The average molecular weight is 333 g/mol. The van der Waals surface area contributed by atoms with Crippen molar-refractivity contribution in [1.29, 1.82) is 0 Å². The monoisotopic (exact) mass is 333 g/mol. The van der Waals surface area contributed by atoms with Crippen LogP contribution in [0.25, 0.3) is 6.08 Å². The number of aromatic nitrogens is 1. The third kappa shape index (κ3) is 3.19. The summed E-state index contributed by atoms with van der Waals surface area (Å²) in [6.07, 6.45) is 5.62. The summed E-state index contributed by atoms with van der Waals surface area (Å²) >= 11 is 0.898. The van der Waals surface area contributed by atoms with Gasteiger partial charge in [-0.15, -0.1) is 0 Å². The molecule has 3 rings (SSSR count). The van der Waals surface area contributed by atoms with Crippen molar-refractivity contribution in [2.45, 2.75) is 26.3 Å². The Morgan fingerprint density at radius 2 is 2.04 bits per heavy atom. The minimum Gasteiger partial charge on any atom is -0.348 e. The Labute approximate surface area is 139 Å². The Morgan fingerprint density at radius 3 is 2.74 bits per heavy atom. The van der Waals surface area contributed by atoms with Gasteiger partial charge in [-0.05, 0) is 49.7 Å². The SMILES string of the molecule is CCn1cccc1C=C1SC(=O)N(CC(=O)N2CCCC2)C1=O. The molecule has 0 bridgehead atoms. The maximum Gasteiger partial charge on any atom is 0.294 e. The molecule has 2 aliphatic heterocycles. The van der Waals surface area contributed by atoms with Crippen molar-refractivity contribution in [2.75, 3.05) is 19.6 Å². The molecule has 0 spiro atoms. The van der Waals surface area contributed by atoms with Gasteiger partial charge in [0, 0.05) is 31.5 Å². The van der Waals surface area contributed by atoms with Crippen LogP contribution in [0.5, 0.6) is 0 Å². The number of aryl methyl sites for hydroxylation is 1. The van der Waals surface area contributed by atoms with Gasteiger partial charge in [-0.25, -0.2) is 0 Å². The van der Waals surface area contributed by atoms with E-state index in [2.05, 4.69) is 0 Å². The molecule has 2 saturated heterocycles. The summed E-state index contributed by atoms with van der Waals surface area (Å²) < 4.78 is 1.99. The molecule has 0 unspecified atom stereocenters. The first-order valence-corrected chi connectivity index (χ1v) is 8.60. The molecular formula is C16H19N3O3S. The van der Waals surface area contributed by atoms with Crippen LogP contribution in [0, 0.1) is 0 Å². The minimum absolute atomic E-state index is 0.150. The number of likely N-dealkylation sites (tertiary alicyclic amines) is 1. The van der Waals surface area contributed by atoms with E-state index in [-0.39, 0.29) is 23.6 Å². The van der Waals surface area contributed by atoms with E-state index < -0.39 is 0 Å². The van der Waals surface area contributed by atoms with Gasteiger partial charge in [-0.1, -0.05) is 0 Å². The smallest absolute Gasteiger partial charge is 0.294 e. The number of hydrogen-bond donors (Lipinski definition) is 0. The van der Waals surface area contributed by atoms with Crippen molar-refractivity contribution in [1.82, 2.24) is 14.4 Å². The lowest BCUT2D eigenvalue weighted by Gasteiger charge is -2.18. The number of imide groups is 1. The Balaban J connectivity index is 1.73. The topological polar surface area (TPSA) is 62.6 Å². The van der Waals surface area contributed by atoms with E-state index >= 15 is 0 Å². The number of hydrogen-bond acceptors (Lipinski definition) is 4. The first kappa shape index (κ1) is 15.9. The van der Waals surface area contributed by atoms with Crippen LogP contribution < -0.4 is 0 Å². The molecular weight excluding hydrogens is 314 g/mol. The maximum atomic E-state index is 12.4. The van der Waals surface area contributed by atoms with E-state index in [1.54, 1.807) is 11.0 Å². The highest BCUT2D eigenvalue weighted by Crippen LogP contribution is 2.32. The van der Waals surface area contributed by atoms with Crippen molar-refractivity contribution in [2.24, 2.45) is 0 Å². The average Bonchev–Trinajstić information content (AvgIpc) is 3.25. The van der Waals surface area contributed by atoms with Gasteiger partial charge >= 0.3 is 0 Å². The van der Waals surface area contributed by atoms with Crippen LogP contribution in [-0.4, -0.2) is 51.1 Å². The third-order valence-corrected chi connectivity index (χ3v) is 5.02. The van der Waals surface area contributed by atoms with Gasteiger partial charge in [0.1, 0.15) is 6.54 Å². The summed E-state index contributed by atoms with van der Waals surface area (Å²) in [5.74, 6) is -0.528. The minimum atomic E-state index is -0.378. The van der Waals surface area contributed by atoms with Gasteiger partial charge in [-0.2, -0.15) is 0 Å². The molecule has 0 aromatic carbocycles. The fourth-order valence-electron chi connectivity index (χ4n) is 2.82. The predicted molar refractivity (Wildman–Crippen MR) is 88.6 cm³/mol. The Kier molecular flexibility index (Phi) is 4.56. The van der Waals surface area contributed by atoms with Gasteiger partial charge in [0.05, 0.1) is 4.91 Å². The van der Waals surface area contributed by atoms with Crippen molar-refractivity contribution in [3.05, 3.63) is 28.9 Å². The second kappa shape index (κ2) is 6.62. The maximum absolute atomic E-state index is 12.4. The van der Waals surface area contributed by atoms with E-state index in [1.807, 2.05) is 29.8 Å². The molecule has 3 amide bonds. The molecule has 122 valence electrons. The molecule has 3 heterocycles. The quantitative estimate of drug-likeness (QED) is 0.792. The first-order chi connectivity index (χ1) is 11.1. The molecule has 1 aromatic rings. The molecule has 0 N–H and O–H groups in total. The van der Waals surface area contributed by atoms with Gasteiger partial charge < -0.3 is 9.47 Å². The standard InChI is InChI=1S/C16H19N3O3S/c1-2-17-9-5-6-12(17)10-13-15(21)19(16(22)23-13)11-14(20)18-7-3-4-8-18/h5-6,9-10H,2-4,7-8,11H2,1H3. The molecule has 2 aliphatic rings. The van der Waals surface area contributed by atoms with E-state index in [1.165, 1.54) is 0 Å². The Bertz CT molecular complexity index is 674. The summed E-state index contributed by atoms with van der Waals surface area (Å²) in [6, 6.07) is 3.79. The molecule has 23 heavy (non-hydrogen) atoms. The lowest BCUT2D eigenvalue weighted by atomic mass is 10.3. The number of carbonyl (C=O) groups is 3. The summed E-state index contributed by atoms with van der Waals surface area (Å²) in [4.78, 5) is 39.8. The van der Waals surface area contributed by atoms with Crippen LogP contribution in [-0.2, 0) is 16.1 Å². The zero-order valence-electron chi connectivity index (χ0n) is 13.0. The molecule has 0 aliphatic carbocycles. The Morgan fingerprint density at radius 1 is 1.30 bits per heavy atom. The number of amides is 3. The molecule has 1 aromatic heterocycles. The molecule has 2 fully saturated rings. The molecule has 0 radical (unpaired) electrons. The lowest BCUT2D eigenvalue weighted by Crippen LogP contribution is -2.40. The van der Waals surface area contributed by atoms with E-state index in [0.717, 1.165) is 54.8 Å². The zero-order valence-corrected chi connectivity index (χ0v) is 13.8.